The molecule has 0 unspecified atom stereocenters. The van der Waals surface area contributed by atoms with Gasteiger partial charge in [-0.1, -0.05) is 60.7 Å². The molecule has 0 aliphatic carbocycles. The third-order valence-corrected chi connectivity index (χ3v) is 5.96. The summed E-state index contributed by atoms with van der Waals surface area (Å²) in [4.78, 5) is 27.9. The van der Waals surface area contributed by atoms with Crippen LogP contribution in [0.3, 0.4) is 0 Å². The first kappa shape index (κ1) is 22.4. The molecule has 0 aromatic heterocycles. The summed E-state index contributed by atoms with van der Waals surface area (Å²) < 4.78 is 10.8. The molecule has 1 saturated heterocycles. The Balaban J connectivity index is 1.53. The highest BCUT2D eigenvalue weighted by atomic mass is 16.5. The second-order valence-electron chi connectivity index (χ2n) is 8.04. The van der Waals surface area contributed by atoms with Gasteiger partial charge in [0.2, 0.25) is 5.91 Å². The fourth-order valence-corrected chi connectivity index (χ4v) is 4.21. The Kier molecular flexibility index (Phi) is 6.93. The van der Waals surface area contributed by atoms with Crippen LogP contribution in [0.5, 0.6) is 11.5 Å². The number of ether oxygens (including phenoxy) is 2. The van der Waals surface area contributed by atoms with Gasteiger partial charge in [-0.25, -0.2) is 0 Å². The predicted octanol–water partition coefficient (Wildman–Crippen LogP) is 3.80. The summed E-state index contributed by atoms with van der Waals surface area (Å²) >= 11 is 0. The first-order valence-corrected chi connectivity index (χ1v) is 11.0. The minimum atomic E-state index is -0.347. The lowest BCUT2D eigenvalue weighted by molar-refractivity contribution is -0.124. The van der Waals surface area contributed by atoms with Crippen molar-refractivity contribution in [3.63, 3.8) is 0 Å². The Morgan fingerprint density at radius 1 is 0.909 bits per heavy atom. The normalized spacial score (nSPS) is 16.0. The predicted molar refractivity (Wildman–Crippen MR) is 128 cm³/mol. The summed E-state index contributed by atoms with van der Waals surface area (Å²) in [6.07, 6.45) is 0.549. The van der Waals surface area contributed by atoms with Gasteiger partial charge < -0.3 is 19.7 Å². The molecule has 1 atom stereocenters. The van der Waals surface area contributed by atoms with E-state index >= 15 is 0 Å². The molecule has 1 heterocycles. The zero-order valence-electron chi connectivity index (χ0n) is 18.9. The zero-order valence-corrected chi connectivity index (χ0v) is 18.9. The number of carbonyl (C=O) groups is 2. The van der Waals surface area contributed by atoms with Crippen LogP contribution in [0, 0.1) is 5.92 Å². The van der Waals surface area contributed by atoms with Crippen molar-refractivity contribution in [2.75, 3.05) is 33.9 Å². The maximum Gasteiger partial charge on any atom is 0.261 e. The molecule has 3 aromatic rings. The molecule has 4 rings (SSSR count). The third kappa shape index (κ3) is 5.00. The number of carbonyl (C=O) groups excluding carboxylic acids is 2. The summed E-state index contributed by atoms with van der Waals surface area (Å²) in [6, 6.07) is 23.7. The van der Waals surface area contributed by atoms with Crippen molar-refractivity contribution in [1.29, 1.82) is 0 Å². The van der Waals surface area contributed by atoms with Gasteiger partial charge in [0.05, 0.1) is 20.1 Å². The van der Waals surface area contributed by atoms with Gasteiger partial charge in [0.15, 0.2) is 0 Å². The first-order valence-electron chi connectivity index (χ1n) is 11.0. The van der Waals surface area contributed by atoms with Crippen molar-refractivity contribution in [3.05, 3.63) is 83.9 Å². The van der Waals surface area contributed by atoms with Crippen molar-refractivity contribution in [1.82, 2.24) is 10.2 Å². The number of amides is 2. The minimum absolute atomic E-state index is 0.0376. The summed E-state index contributed by atoms with van der Waals surface area (Å²) in [5, 5.41) is 2.95. The Morgan fingerprint density at radius 3 is 2.18 bits per heavy atom. The molecule has 1 aliphatic rings. The summed E-state index contributed by atoms with van der Waals surface area (Å²) in [5.41, 5.74) is 3.71. The smallest absolute Gasteiger partial charge is 0.261 e. The van der Waals surface area contributed by atoms with Crippen molar-refractivity contribution in [2.24, 2.45) is 5.92 Å². The van der Waals surface area contributed by atoms with E-state index in [-0.39, 0.29) is 17.7 Å². The van der Waals surface area contributed by atoms with Gasteiger partial charge in [0, 0.05) is 19.6 Å². The number of hydrogen-bond acceptors (Lipinski definition) is 4. The minimum Gasteiger partial charge on any atom is -0.496 e. The molecule has 0 saturated carbocycles. The first-order chi connectivity index (χ1) is 16.1. The molecular weight excluding hydrogens is 416 g/mol. The van der Waals surface area contributed by atoms with E-state index in [1.807, 2.05) is 18.2 Å². The van der Waals surface area contributed by atoms with Crippen LogP contribution < -0.4 is 14.8 Å². The van der Waals surface area contributed by atoms with Gasteiger partial charge in [-0.2, -0.15) is 0 Å². The van der Waals surface area contributed by atoms with Crippen molar-refractivity contribution in [2.45, 2.75) is 6.42 Å². The van der Waals surface area contributed by atoms with Gasteiger partial charge in [0.1, 0.15) is 17.1 Å². The number of methoxy groups -OCH3 is 2. The standard InChI is InChI=1S/C27H28N2O4/c1-32-23-9-6-10-24(33-2)25(23)27(31)29-16-15-28-26(30)22(18-29)17-19-11-13-21(14-12-19)20-7-4-3-5-8-20/h3-14,22H,15-18H2,1-2H3,(H,28,30)/t22-/m0/s1. The Morgan fingerprint density at radius 2 is 1.55 bits per heavy atom. The quantitative estimate of drug-likeness (QED) is 0.628. The Labute approximate surface area is 194 Å². The molecule has 6 heteroatoms. The van der Waals surface area contributed by atoms with E-state index in [0.717, 1.165) is 16.7 Å². The summed E-state index contributed by atoms with van der Waals surface area (Å²) in [5.74, 6) is 0.321. The van der Waals surface area contributed by atoms with E-state index in [1.165, 1.54) is 14.2 Å². The molecule has 3 aromatic carbocycles. The Bertz CT molecular complexity index is 1090. The van der Waals surface area contributed by atoms with E-state index in [9.17, 15) is 9.59 Å². The second kappa shape index (κ2) is 10.2. The topological polar surface area (TPSA) is 67.9 Å². The van der Waals surface area contributed by atoms with Gasteiger partial charge in [-0.3, -0.25) is 9.59 Å². The average molecular weight is 445 g/mol. The van der Waals surface area contributed by atoms with Crippen LogP contribution in [-0.4, -0.2) is 50.6 Å². The average Bonchev–Trinajstić information content (AvgIpc) is 3.05. The summed E-state index contributed by atoms with van der Waals surface area (Å²) in [7, 11) is 3.06. The van der Waals surface area contributed by atoms with E-state index < -0.39 is 0 Å². The molecule has 33 heavy (non-hydrogen) atoms. The van der Waals surface area contributed by atoms with Crippen molar-refractivity contribution >= 4 is 11.8 Å². The fraction of sp³-hybridized carbons (Fsp3) is 0.259. The molecule has 170 valence electrons. The molecule has 0 radical (unpaired) electrons. The lowest BCUT2D eigenvalue weighted by Gasteiger charge is -2.25. The maximum absolute atomic E-state index is 13.4. The van der Waals surface area contributed by atoms with Crippen LogP contribution in [0.25, 0.3) is 11.1 Å². The van der Waals surface area contributed by atoms with Gasteiger partial charge >= 0.3 is 0 Å². The number of nitrogens with one attached hydrogen (secondary N) is 1. The largest absolute Gasteiger partial charge is 0.496 e. The summed E-state index contributed by atoms with van der Waals surface area (Å²) in [6.45, 7) is 1.16. The number of rotatable bonds is 6. The van der Waals surface area contributed by atoms with Crippen LogP contribution in [0.1, 0.15) is 15.9 Å². The fourth-order valence-electron chi connectivity index (χ4n) is 4.21. The molecule has 0 bridgehead atoms. The van der Waals surface area contributed by atoms with E-state index in [2.05, 4.69) is 41.7 Å². The molecule has 2 amide bonds. The SMILES string of the molecule is COc1cccc(OC)c1C(=O)N1CCNC(=O)[C@@H](Cc2ccc(-c3ccccc3)cc2)C1. The lowest BCUT2D eigenvalue weighted by atomic mass is 9.96. The lowest BCUT2D eigenvalue weighted by Crippen LogP contribution is -2.37. The monoisotopic (exact) mass is 444 g/mol. The van der Waals surface area contributed by atoms with Crippen LogP contribution in [0.15, 0.2) is 72.8 Å². The van der Waals surface area contributed by atoms with Crippen LogP contribution in [0.2, 0.25) is 0 Å². The highest BCUT2D eigenvalue weighted by Gasteiger charge is 2.31. The zero-order chi connectivity index (χ0) is 23.2. The van der Waals surface area contributed by atoms with Crippen molar-refractivity contribution < 1.29 is 19.1 Å². The van der Waals surface area contributed by atoms with E-state index in [1.54, 1.807) is 23.1 Å². The number of hydrogen-bond donors (Lipinski definition) is 1. The molecular formula is C27H28N2O4. The van der Waals surface area contributed by atoms with Crippen LogP contribution in [-0.2, 0) is 11.2 Å². The van der Waals surface area contributed by atoms with Gasteiger partial charge in [0.25, 0.3) is 5.91 Å². The molecule has 1 N–H and O–H groups in total. The molecule has 1 fully saturated rings. The van der Waals surface area contributed by atoms with Crippen molar-refractivity contribution in [3.8, 4) is 22.6 Å². The van der Waals surface area contributed by atoms with E-state index in [4.69, 9.17) is 9.47 Å². The van der Waals surface area contributed by atoms with Crippen LogP contribution >= 0.6 is 0 Å². The van der Waals surface area contributed by atoms with E-state index in [0.29, 0.717) is 43.1 Å². The molecule has 0 spiro atoms. The van der Waals surface area contributed by atoms with Crippen LogP contribution in [0.4, 0.5) is 0 Å². The molecule has 1 aliphatic heterocycles. The van der Waals surface area contributed by atoms with Gasteiger partial charge in [-0.05, 0) is 35.2 Å². The third-order valence-electron chi connectivity index (χ3n) is 5.96. The Hall–Kier alpha value is -3.80. The number of benzene rings is 3. The second-order valence-corrected chi connectivity index (χ2v) is 8.04. The number of nitrogens with zero attached hydrogens (tertiary/aromatic N) is 1. The molecule has 6 nitrogen and oxygen atoms in total. The maximum atomic E-state index is 13.4. The highest BCUT2D eigenvalue weighted by molar-refractivity contribution is 6.00. The van der Waals surface area contributed by atoms with Gasteiger partial charge in [-0.15, -0.1) is 0 Å². The highest BCUT2D eigenvalue weighted by Crippen LogP contribution is 2.30.